The van der Waals surface area contributed by atoms with Crippen LogP contribution in [0.15, 0.2) is 10.7 Å². The lowest BCUT2D eigenvalue weighted by Gasteiger charge is -2.13. The highest BCUT2D eigenvalue weighted by Gasteiger charge is 2.42. The van der Waals surface area contributed by atoms with Crippen LogP contribution in [0, 0.1) is 0 Å². The van der Waals surface area contributed by atoms with Gasteiger partial charge in [0.2, 0.25) is 0 Å². The molecule has 0 unspecified atom stereocenters. The highest BCUT2D eigenvalue weighted by molar-refractivity contribution is 4.99. The summed E-state index contributed by atoms with van der Waals surface area (Å²) in [5, 5.41) is 2.92. The molecule has 4 nitrogen and oxygen atoms in total. The first-order valence-electron chi connectivity index (χ1n) is 4.89. The van der Waals surface area contributed by atoms with Crippen LogP contribution < -0.4 is 10.1 Å². The number of aromatic nitrogens is 1. The lowest BCUT2D eigenvalue weighted by molar-refractivity contribution is -0.151. The van der Waals surface area contributed by atoms with Gasteiger partial charge in [0.15, 0.2) is 6.61 Å². The zero-order valence-corrected chi connectivity index (χ0v) is 9.05. The second-order valence-electron chi connectivity index (χ2n) is 3.24. The van der Waals surface area contributed by atoms with E-state index in [0.29, 0.717) is 18.8 Å². The molecule has 0 aromatic carbocycles. The number of ether oxygens (including phenoxy) is 1. The second kappa shape index (κ2) is 5.85. The minimum Gasteiger partial charge on any atom is -0.444 e. The lowest BCUT2D eigenvalue weighted by Crippen LogP contribution is -2.33. The maximum Gasteiger partial charge on any atom is 0.393 e. The highest BCUT2D eigenvalue weighted by Crippen LogP contribution is 2.23. The van der Waals surface area contributed by atoms with Crippen LogP contribution in [0.4, 0.5) is 17.6 Å². The van der Waals surface area contributed by atoms with Crippen molar-refractivity contribution in [3.8, 4) is 6.08 Å². The van der Waals surface area contributed by atoms with Crippen molar-refractivity contribution in [3.63, 3.8) is 0 Å². The third kappa shape index (κ3) is 4.22. The van der Waals surface area contributed by atoms with Gasteiger partial charge < -0.3 is 14.5 Å². The van der Waals surface area contributed by atoms with Gasteiger partial charge in [0.05, 0.1) is 5.69 Å². The van der Waals surface area contributed by atoms with Crippen molar-refractivity contribution >= 4 is 0 Å². The molecule has 1 aromatic rings. The summed E-state index contributed by atoms with van der Waals surface area (Å²) >= 11 is 0. The van der Waals surface area contributed by atoms with Gasteiger partial charge in [-0.15, -0.1) is 0 Å². The Bertz CT molecular complexity index is 343. The molecule has 17 heavy (non-hydrogen) atoms. The fourth-order valence-corrected chi connectivity index (χ4v) is 0.910. The normalized spacial score (nSPS) is 12.1. The quantitative estimate of drug-likeness (QED) is 0.758. The summed E-state index contributed by atoms with van der Waals surface area (Å²) in [6.45, 7) is 1.49. The minimum atomic E-state index is -4.21. The summed E-state index contributed by atoms with van der Waals surface area (Å²) in [5.74, 6) is -4.21. The van der Waals surface area contributed by atoms with Crippen molar-refractivity contribution in [1.82, 2.24) is 10.3 Å². The molecule has 0 aliphatic rings. The number of alkyl halides is 4. The van der Waals surface area contributed by atoms with Crippen molar-refractivity contribution in [2.24, 2.45) is 0 Å². The molecule has 0 bridgehead atoms. The smallest absolute Gasteiger partial charge is 0.393 e. The number of hydrogen-bond donors (Lipinski definition) is 1. The first-order valence-corrected chi connectivity index (χ1v) is 4.89. The molecule has 0 amide bonds. The van der Waals surface area contributed by atoms with Crippen LogP contribution in [-0.2, 0) is 6.54 Å². The van der Waals surface area contributed by atoms with Crippen LogP contribution in [0.5, 0.6) is 6.08 Å². The molecule has 98 valence electrons. The van der Waals surface area contributed by atoms with Crippen molar-refractivity contribution in [1.29, 1.82) is 0 Å². The third-order valence-electron chi connectivity index (χ3n) is 1.79. The number of oxazole rings is 1. The zero-order valence-electron chi connectivity index (χ0n) is 9.05. The molecule has 0 aliphatic carbocycles. The Balaban J connectivity index is 2.44. The highest BCUT2D eigenvalue weighted by atomic mass is 19.3. The van der Waals surface area contributed by atoms with Crippen LogP contribution in [0.25, 0.3) is 0 Å². The van der Waals surface area contributed by atoms with Crippen molar-refractivity contribution in [2.75, 3.05) is 13.2 Å². The predicted octanol–water partition coefficient (Wildman–Crippen LogP) is 2.06. The van der Waals surface area contributed by atoms with Crippen LogP contribution >= 0.6 is 0 Å². The molecule has 0 fully saturated rings. The fraction of sp³-hybridized carbons (Fsp3) is 0.667. The van der Waals surface area contributed by atoms with E-state index in [2.05, 4.69) is 19.5 Å². The Morgan fingerprint density at radius 1 is 1.53 bits per heavy atom. The minimum absolute atomic E-state index is 0.384. The summed E-state index contributed by atoms with van der Waals surface area (Å²) in [6, 6.07) is 0. The Kier molecular flexibility index (Phi) is 4.73. The van der Waals surface area contributed by atoms with Crippen LogP contribution in [0.2, 0.25) is 0 Å². The first kappa shape index (κ1) is 13.8. The van der Waals surface area contributed by atoms with E-state index < -0.39 is 25.0 Å². The van der Waals surface area contributed by atoms with Gasteiger partial charge in [-0.25, -0.2) is 8.78 Å². The largest absolute Gasteiger partial charge is 0.444 e. The Hall–Kier alpha value is -1.31. The molecule has 1 rings (SSSR count). The number of nitrogens with one attached hydrogen (secondary N) is 1. The fourth-order valence-electron chi connectivity index (χ4n) is 0.910. The summed E-state index contributed by atoms with van der Waals surface area (Å²) in [7, 11) is 0. The number of hydrogen-bond acceptors (Lipinski definition) is 4. The molecule has 8 heteroatoms. The zero-order chi connectivity index (χ0) is 12.9. The van der Waals surface area contributed by atoms with E-state index >= 15 is 0 Å². The van der Waals surface area contributed by atoms with E-state index in [1.54, 1.807) is 0 Å². The van der Waals surface area contributed by atoms with Gasteiger partial charge in [0.1, 0.15) is 6.26 Å². The molecule has 1 heterocycles. The first-order chi connectivity index (χ1) is 7.95. The Morgan fingerprint density at radius 2 is 2.24 bits per heavy atom. The maximum atomic E-state index is 12.5. The molecular weight excluding hydrogens is 244 g/mol. The topological polar surface area (TPSA) is 47.3 Å². The number of rotatable bonds is 7. The third-order valence-corrected chi connectivity index (χ3v) is 1.79. The Labute approximate surface area is 95.0 Å². The molecule has 0 aliphatic heterocycles. The second-order valence-corrected chi connectivity index (χ2v) is 3.24. The van der Waals surface area contributed by atoms with Gasteiger partial charge in [0.25, 0.3) is 0 Å². The van der Waals surface area contributed by atoms with Crippen LogP contribution in [-0.4, -0.2) is 30.5 Å². The van der Waals surface area contributed by atoms with Gasteiger partial charge >= 0.3 is 18.4 Å². The van der Waals surface area contributed by atoms with Crippen LogP contribution in [0.3, 0.4) is 0 Å². The molecule has 0 atom stereocenters. The maximum absolute atomic E-state index is 12.5. The van der Waals surface area contributed by atoms with E-state index in [0.717, 1.165) is 0 Å². The summed E-state index contributed by atoms with van der Waals surface area (Å²) < 4.78 is 57.6. The summed E-state index contributed by atoms with van der Waals surface area (Å²) in [4.78, 5) is 3.68. The van der Waals surface area contributed by atoms with Gasteiger partial charge in [-0.1, -0.05) is 6.92 Å². The molecular formula is C9H12F4N2O2. The molecule has 0 spiro atoms. The van der Waals surface area contributed by atoms with E-state index in [4.69, 9.17) is 0 Å². The Morgan fingerprint density at radius 3 is 2.82 bits per heavy atom. The van der Waals surface area contributed by atoms with Gasteiger partial charge in [-0.2, -0.15) is 13.8 Å². The number of halogens is 4. The van der Waals surface area contributed by atoms with E-state index in [9.17, 15) is 17.6 Å². The molecule has 0 radical (unpaired) electrons. The molecule has 1 N–H and O–H groups in total. The lowest BCUT2D eigenvalue weighted by atomic mass is 10.4. The SMILES string of the molecule is CCNCc1coc(OCC(F)(F)C(F)F)n1. The van der Waals surface area contributed by atoms with Crippen LogP contribution in [0.1, 0.15) is 12.6 Å². The van der Waals surface area contributed by atoms with Gasteiger partial charge in [-0.05, 0) is 6.54 Å². The van der Waals surface area contributed by atoms with Crippen molar-refractivity contribution in [2.45, 2.75) is 25.8 Å². The predicted molar refractivity (Wildman–Crippen MR) is 50.3 cm³/mol. The van der Waals surface area contributed by atoms with Gasteiger partial charge in [0, 0.05) is 6.54 Å². The standard InChI is InChI=1S/C9H12F4N2O2/c1-2-14-3-6-4-16-8(15-6)17-5-9(12,13)7(10)11/h4,7,14H,2-3,5H2,1H3. The van der Waals surface area contributed by atoms with Crippen molar-refractivity contribution in [3.05, 3.63) is 12.0 Å². The average molecular weight is 256 g/mol. The monoisotopic (exact) mass is 256 g/mol. The van der Waals surface area contributed by atoms with Crippen molar-refractivity contribution < 1.29 is 26.7 Å². The molecule has 0 saturated carbocycles. The average Bonchev–Trinajstić information content (AvgIpc) is 2.71. The number of nitrogens with zero attached hydrogens (tertiary/aromatic N) is 1. The van der Waals surface area contributed by atoms with Gasteiger partial charge in [-0.3, -0.25) is 0 Å². The van der Waals surface area contributed by atoms with E-state index in [1.807, 2.05) is 6.92 Å². The summed E-state index contributed by atoms with van der Waals surface area (Å²) in [5.41, 5.74) is 0.446. The van der Waals surface area contributed by atoms with E-state index in [-0.39, 0.29) is 0 Å². The molecule has 1 aromatic heterocycles. The summed E-state index contributed by atoms with van der Waals surface area (Å²) in [6.07, 6.45) is -3.02. The molecule has 0 saturated heterocycles. The van der Waals surface area contributed by atoms with E-state index in [1.165, 1.54) is 6.26 Å².